The molecule has 2 heterocycles. The summed E-state index contributed by atoms with van der Waals surface area (Å²) in [7, 11) is 0. The third-order valence-electron chi connectivity index (χ3n) is 3.93. The van der Waals surface area contributed by atoms with E-state index in [1.807, 2.05) is 25.1 Å². The smallest absolute Gasteiger partial charge is 0.171 e. The van der Waals surface area contributed by atoms with Gasteiger partial charge >= 0.3 is 0 Å². The second-order valence-corrected chi connectivity index (χ2v) is 5.29. The first-order valence-electron chi connectivity index (χ1n) is 7.27. The summed E-state index contributed by atoms with van der Waals surface area (Å²) in [5.41, 5.74) is 7.80. The van der Waals surface area contributed by atoms with Gasteiger partial charge in [0, 0.05) is 49.4 Å². The van der Waals surface area contributed by atoms with Gasteiger partial charge < -0.3 is 24.8 Å². The van der Waals surface area contributed by atoms with Crippen molar-refractivity contribution >= 4 is 11.4 Å². The third-order valence-corrected chi connectivity index (χ3v) is 3.93. The number of rotatable bonds is 3. The maximum absolute atomic E-state index is 5.96. The lowest BCUT2D eigenvalue weighted by Crippen LogP contribution is -2.45. The second-order valence-electron chi connectivity index (χ2n) is 5.29. The number of anilines is 2. The van der Waals surface area contributed by atoms with E-state index < -0.39 is 0 Å². The Morgan fingerprint density at radius 2 is 1.90 bits per heavy atom. The lowest BCUT2D eigenvalue weighted by atomic mass is 10.0. The molecule has 0 aliphatic carbocycles. The average molecular weight is 278 g/mol. The molecule has 0 unspecified atom stereocenters. The molecule has 2 N–H and O–H groups in total. The monoisotopic (exact) mass is 278 g/mol. The quantitative estimate of drug-likeness (QED) is 0.857. The van der Waals surface area contributed by atoms with Crippen molar-refractivity contribution < 1.29 is 14.2 Å². The van der Waals surface area contributed by atoms with Crippen LogP contribution in [0.5, 0.6) is 5.75 Å². The molecule has 20 heavy (non-hydrogen) atoms. The Hall–Kier alpha value is -1.46. The zero-order valence-corrected chi connectivity index (χ0v) is 11.9. The number of ether oxygens (including phenoxy) is 3. The molecule has 2 aliphatic heterocycles. The minimum Gasteiger partial charge on any atom is -0.494 e. The molecule has 1 aromatic carbocycles. The van der Waals surface area contributed by atoms with Crippen molar-refractivity contribution in [1.82, 2.24) is 0 Å². The van der Waals surface area contributed by atoms with Gasteiger partial charge in [-0.15, -0.1) is 0 Å². The standard InChI is InChI=1S/C15H22N2O3/c1-2-18-14-10-12(16)9-13(11-14)17-5-3-15(4-6-17)19-7-8-20-15/h9-11H,2-8,16H2,1H3. The minimum atomic E-state index is -0.334. The van der Waals surface area contributed by atoms with Crippen LogP contribution in [-0.2, 0) is 9.47 Å². The van der Waals surface area contributed by atoms with Crippen molar-refractivity contribution in [1.29, 1.82) is 0 Å². The largest absolute Gasteiger partial charge is 0.494 e. The van der Waals surface area contributed by atoms with Crippen molar-refractivity contribution in [2.24, 2.45) is 0 Å². The molecule has 2 aliphatic rings. The first kappa shape index (κ1) is 13.5. The van der Waals surface area contributed by atoms with Crippen molar-refractivity contribution in [3.8, 4) is 5.75 Å². The summed E-state index contributed by atoms with van der Waals surface area (Å²) in [5, 5.41) is 0. The molecule has 0 saturated carbocycles. The molecular weight excluding hydrogens is 256 g/mol. The van der Waals surface area contributed by atoms with Crippen LogP contribution < -0.4 is 15.4 Å². The molecule has 1 aromatic rings. The highest BCUT2D eigenvalue weighted by atomic mass is 16.7. The Morgan fingerprint density at radius 3 is 2.55 bits per heavy atom. The Bertz CT molecular complexity index is 462. The predicted molar refractivity (Wildman–Crippen MR) is 78.1 cm³/mol. The number of piperidine rings is 1. The highest BCUT2D eigenvalue weighted by Gasteiger charge is 2.39. The van der Waals surface area contributed by atoms with Crippen LogP contribution in [0.15, 0.2) is 18.2 Å². The van der Waals surface area contributed by atoms with E-state index in [4.69, 9.17) is 19.9 Å². The number of nitrogens with zero attached hydrogens (tertiary/aromatic N) is 1. The summed E-state index contributed by atoms with van der Waals surface area (Å²) >= 11 is 0. The first-order chi connectivity index (χ1) is 9.71. The van der Waals surface area contributed by atoms with Crippen LogP contribution in [0.3, 0.4) is 0 Å². The zero-order valence-electron chi connectivity index (χ0n) is 11.9. The van der Waals surface area contributed by atoms with Gasteiger partial charge in [0.2, 0.25) is 0 Å². The van der Waals surface area contributed by atoms with Crippen LogP contribution in [0, 0.1) is 0 Å². The predicted octanol–water partition coefficient (Wildman–Crippen LogP) is 2.01. The van der Waals surface area contributed by atoms with Gasteiger partial charge in [-0.1, -0.05) is 0 Å². The molecule has 0 aromatic heterocycles. The van der Waals surface area contributed by atoms with Crippen molar-refractivity contribution in [3.05, 3.63) is 18.2 Å². The number of hydrogen-bond acceptors (Lipinski definition) is 5. The van der Waals surface area contributed by atoms with Crippen LogP contribution in [0.1, 0.15) is 19.8 Å². The fourth-order valence-corrected chi connectivity index (χ4v) is 2.93. The lowest BCUT2D eigenvalue weighted by Gasteiger charge is -2.38. The van der Waals surface area contributed by atoms with E-state index in [0.29, 0.717) is 19.8 Å². The van der Waals surface area contributed by atoms with Gasteiger partial charge in [0.05, 0.1) is 19.8 Å². The molecule has 3 rings (SSSR count). The van der Waals surface area contributed by atoms with E-state index in [0.717, 1.165) is 43.1 Å². The van der Waals surface area contributed by atoms with Crippen LogP contribution in [0.4, 0.5) is 11.4 Å². The minimum absolute atomic E-state index is 0.334. The van der Waals surface area contributed by atoms with E-state index >= 15 is 0 Å². The molecular formula is C15H22N2O3. The van der Waals surface area contributed by atoms with Gasteiger partial charge in [-0.3, -0.25) is 0 Å². The summed E-state index contributed by atoms with van der Waals surface area (Å²) in [5.74, 6) is 0.496. The van der Waals surface area contributed by atoms with E-state index in [1.165, 1.54) is 0 Å². The molecule has 0 atom stereocenters. The van der Waals surface area contributed by atoms with Crippen LogP contribution in [0.25, 0.3) is 0 Å². The number of benzene rings is 1. The summed E-state index contributed by atoms with van der Waals surface area (Å²) in [6, 6.07) is 5.91. The first-order valence-corrected chi connectivity index (χ1v) is 7.27. The molecule has 0 amide bonds. The normalized spacial score (nSPS) is 21.4. The van der Waals surface area contributed by atoms with Crippen molar-refractivity contribution in [3.63, 3.8) is 0 Å². The average Bonchev–Trinajstić information content (AvgIpc) is 2.88. The van der Waals surface area contributed by atoms with E-state index in [9.17, 15) is 0 Å². The molecule has 0 bridgehead atoms. The molecule has 2 saturated heterocycles. The van der Waals surface area contributed by atoms with Gasteiger partial charge in [-0.25, -0.2) is 0 Å². The Morgan fingerprint density at radius 1 is 1.20 bits per heavy atom. The Labute approximate surface area is 119 Å². The summed E-state index contributed by atoms with van der Waals surface area (Å²) < 4.78 is 17.1. The number of nitrogens with two attached hydrogens (primary N) is 1. The third kappa shape index (κ3) is 2.69. The van der Waals surface area contributed by atoms with Crippen molar-refractivity contribution in [2.75, 3.05) is 43.5 Å². The second kappa shape index (κ2) is 5.50. The molecule has 1 spiro atoms. The summed E-state index contributed by atoms with van der Waals surface area (Å²) in [6.45, 7) is 5.87. The molecule has 2 fully saturated rings. The molecule has 0 radical (unpaired) electrons. The Kier molecular flexibility index (Phi) is 3.72. The topological polar surface area (TPSA) is 57.0 Å². The van der Waals surface area contributed by atoms with Crippen LogP contribution >= 0.6 is 0 Å². The van der Waals surface area contributed by atoms with Gasteiger partial charge in [0.1, 0.15) is 5.75 Å². The fraction of sp³-hybridized carbons (Fsp3) is 0.600. The maximum atomic E-state index is 5.96. The van der Waals surface area contributed by atoms with Crippen LogP contribution in [0.2, 0.25) is 0 Å². The highest BCUT2D eigenvalue weighted by Crippen LogP contribution is 2.34. The lowest BCUT2D eigenvalue weighted by molar-refractivity contribution is -0.169. The fourth-order valence-electron chi connectivity index (χ4n) is 2.93. The van der Waals surface area contributed by atoms with Gasteiger partial charge in [-0.05, 0) is 13.0 Å². The SMILES string of the molecule is CCOc1cc(N)cc(N2CCC3(CC2)OCCO3)c1. The van der Waals surface area contributed by atoms with Crippen LogP contribution in [-0.4, -0.2) is 38.7 Å². The highest BCUT2D eigenvalue weighted by molar-refractivity contribution is 5.60. The van der Waals surface area contributed by atoms with Crippen molar-refractivity contribution in [2.45, 2.75) is 25.6 Å². The Balaban J connectivity index is 1.71. The number of hydrogen-bond donors (Lipinski definition) is 1. The summed E-state index contributed by atoms with van der Waals surface area (Å²) in [6.07, 6.45) is 1.79. The van der Waals surface area contributed by atoms with E-state index in [1.54, 1.807) is 0 Å². The van der Waals surface area contributed by atoms with E-state index in [2.05, 4.69) is 4.90 Å². The van der Waals surface area contributed by atoms with Gasteiger partial charge in [-0.2, -0.15) is 0 Å². The molecule has 5 heteroatoms. The maximum Gasteiger partial charge on any atom is 0.171 e. The summed E-state index contributed by atoms with van der Waals surface area (Å²) in [4.78, 5) is 2.31. The molecule has 110 valence electrons. The zero-order chi connectivity index (χ0) is 14.0. The van der Waals surface area contributed by atoms with E-state index in [-0.39, 0.29) is 5.79 Å². The number of nitrogen functional groups attached to an aromatic ring is 1. The van der Waals surface area contributed by atoms with Gasteiger partial charge in [0.25, 0.3) is 0 Å². The van der Waals surface area contributed by atoms with Gasteiger partial charge in [0.15, 0.2) is 5.79 Å². The molecule has 5 nitrogen and oxygen atoms in total.